The number of piperazine rings is 1. The molecule has 2 aromatic carbocycles. The number of fused-ring (bicyclic) bond motifs is 2. The molecule has 0 saturated carbocycles. The molecule has 2 nitrogen and oxygen atoms in total. The number of halogens is 1. The summed E-state index contributed by atoms with van der Waals surface area (Å²) in [6, 6.07) is 16.0. The van der Waals surface area contributed by atoms with E-state index >= 15 is 0 Å². The molecule has 2 heterocycles. The van der Waals surface area contributed by atoms with Crippen molar-refractivity contribution in [2.24, 2.45) is 0 Å². The maximum atomic E-state index is 6.35. The zero-order valence-corrected chi connectivity index (χ0v) is 15.8. The Kier molecular flexibility index (Phi) is 4.49. The third kappa shape index (κ3) is 3.22. The van der Waals surface area contributed by atoms with Gasteiger partial charge in [0.25, 0.3) is 0 Å². The zero-order valence-electron chi connectivity index (χ0n) is 13.3. The molecule has 0 amide bonds. The molecule has 0 N–H and O–H groups in total. The molecule has 2 aromatic rings. The van der Waals surface area contributed by atoms with Crippen molar-refractivity contribution in [1.82, 2.24) is 9.80 Å². The molecule has 2 aliphatic heterocycles. The fraction of sp³-hybridized carbons (Fsp3) is 0.368. The first-order valence-electron chi connectivity index (χ1n) is 8.18. The van der Waals surface area contributed by atoms with Crippen molar-refractivity contribution in [3.8, 4) is 0 Å². The molecule has 1 atom stereocenters. The first-order chi connectivity index (χ1) is 11.2. The van der Waals surface area contributed by atoms with Crippen molar-refractivity contribution in [2.45, 2.75) is 12.5 Å². The Morgan fingerprint density at radius 2 is 1.78 bits per heavy atom. The summed E-state index contributed by atoms with van der Waals surface area (Å²) in [5, 5.41) is 0.865. The number of benzene rings is 2. The topological polar surface area (TPSA) is 6.48 Å². The van der Waals surface area contributed by atoms with Gasteiger partial charge in [-0.15, -0.1) is 0 Å². The minimum atomic E-state index is 0.373. The third-order valence-corrected chi connectivity index (χ3v) is 7.69. The summed E-state index contributed by atoms with van der Waals surface area (Å²) in [5.41, 5.74) is 2.97. The van der Waals surface area contributed by atoms with E-state index in [1.54, 1.807) is 0 Å². The van der Waals surface area contributed by atoms with Crippen LogP contribution in [0.25, 0.3) is 0 Å². The van der Waals surface area contributed by atoms with Crippen LogP contribution < -0.4 is 8.92 Å². The van der Waals surface area contributed by atoms with E-state index in [2.05, 4.69) is 59.3 Å². The molecule has 1 fully saturated rings. The number of hydrogen-bond acceptors (Lipinski definition) is 2. The molecule has 0 aromatic heterocycles. The van der Waals surface area contributed by atoms with E-state index in [4.69, 9.17) is 11.6 Å². The van der Waals surface area contributed by atoms with Gasteiger partial charge in [0.1, 0.15) is 0 Å². The van der Waals surface area contributed by atoms with Crippen LogP contribution in [0.15, 0.2) is 42.5 Å². The van der Waals surface area contributed by atoms with Crippen molar-refractivity contribution >= 4 is 35.5 Å². The van der Waals surface area contributed by atoms with Crippen molar-refractivity contribution in [1.29, 1.82) is 0 Å². The molecule has 0 spiro atoms. The Morgan fingerprint density at radius 1 is 1.00 bits per heavy atom. The molecule has 0 radical (unpaired) electrons. The van der Waals surface area contributed by atoms with Gasteiger partial charge in [0, 0.05) is 0 Å². The molecule has 120 valence electrons. The standard InChI is InChI=1S/C19H21ClN2Se/c1-21-8-10-22(11-9-21)17-12-14-4-2-3-5-18(14)23-19-7-6-15(20)13-16(17)19/h2-7,13,17H,8-12H2,1H3. The second-order valence-corrected chi connectivity index (χ2v) is 9.16. The Hall–Kier alpha value is -0.831. The van der Waals surface area contributed by atoms with E-state index in [0.717, 1.165) is 37.6 Å². The molecule has 1 saturated heterocycles. The Labute approximate surface area is 149 Å². The van der Waals surface area contributed by atoms with Crippen LogP contribution in [0.4, 0.5) is 0 Å². The Balaban J connectivity index is 1.76. The molecule has 2 aliphatic rings. The molecule has 1 unspecified atom stereocenters. The summed E-state index contributed by atoms with van der Waals surface area (Å²) in [6.45, 7) is 4.59. The van der Waals surface area contributed by atoms with Gasteiger partial charge in [-0.25, -0.2) is 0 Å². The van der Waals surface area contributed by atoms with Crippen molar-refractivity contribution in [2.75, 3.05) is 33.2 Å². The second kappa shape index (κ2) is 6.58. The molecule has 0 bridgehead atoms. The Bertz CT molecular complexity index is 710. The van der Waals surface area contributed by atoms with Crippen molar-refractivity contribution in [3.63, 3.8) is 0 Å². The summed E-state index contributed by atoms with van der Waals surface area (Å²) >= 11 is 6.72. The summed E-state index contributed by atoms with van der Waals surface area (Å²) in [4.78, 5) is 5.08. The third-order valence-electron chi connectivity index (χ3n) is 4.92. The SMILES string of the molecule is CN1CCN(C2Cc3ccccc3[Se]c3ccc(Cl)cc32)CC1. The molecular formula is C19H21ClN2Se. The van der Waals surface area contributed by atoms with Gasteiger partial charge in [0.05, 0.1) is 0 Å². The predicted molar refractivity (Wildman–Crippen MR) is 98.4 cm³/mol. The first-order valence-corrected chi connectivity index (χ1v) is 10.3. The first kappa shape index (κ1) is 15.7. The van der Waals surface area contributed by atoms with Gasteiger partial charge in [-0.3, -0.25) is 0 Å². The van der Waals surface area contributed by atoms with E-state index in [1.807, 2.05) is 0 Å². The summed E-state index contributed by atoms with van der Waals surface area (Å²) in [5.74, 6) is 0. The molecule has 4 heteroatoms. The number of nitrogens with zero attached hydrogens (tertiary/aromatic N) is 2. The monoisotopic (exact) mass is 392 g/mol. The second-order valence-electron chi connectivity index (χ2n) is 6.45. The van der Waals surface area contributed by atoms with E-state index in [9.17, 15) is 0 Å². The average Bonchev–Trinajstić information content (AvgIpc) is 2.72. The molecular weight excluding hydrogens is 371 g/mol. The van der Waals surface area contributed by atoms with Crippen LogP contribution >= 0.6 is 11.6 Å². The number of hydrogen-bond donors (Lipinski definition) is 0. The van der Waals surface area contributed by atoms with Gasteiger partial charge >= 0.3 is 150 Å². The minimum absolute atomic E-state index is 0.373. The normalized spacial score (nSPS) is 22.3. The van der Waals surface area contributed by atoms with E-state index in [0.29, 0.717) is 21.0 Å². The predicted octanol–water partition coefficient (Wildman–Crippen LogP) is 1.84. The summed E-state index contributed by atoms with van der Waals surface area (Å²) in [6.07, 6.45) is 1.11. The quantitative estimate of drug-likeness (QED) is 0.685. The van der Waals surface area contributed by atoms with Gasteiger partial charge in [0.2, 0.25) is 0 Å². The number of likely N-dealkylation sites (N-methyl/N-ethyl adjacent to an activating group) is 1. The van der Waals surface area contributed by atoms with E-state index in [1.165, 1.54) is 20.1 Å². The van der Waals surface area contributed by atoms with Crippen LogP contribution in [0.1, 0.15) is 17.2 Å². The summed E-state index contributed by atoms with van der Waals surface area (Å²) < 4.78 is 3.02. The van der Waals surface area contributed by atoms with Gasteiger partial charge in [-0.2, -0.15) is 0 Å². The van der Waals surface area contributed by atoms with Gasteiger partial charge in [-0.05, 0) is 0 Å². The zero-order chi connectivity index (χ0) is 15.8. The van der Waals surface area contributed by atoms with Gasteiger partial charge in [0.15, 0.2) is 0 Å². The van der Waals surface area contributed by atoms with Gasteiger partial charge < -0.3 is 0 Å². The fourth-order valence-corrected chi connectivity index (χ4v) is 6.06. The van der Waals surface area contributed by atoms with Crippen LogP contribution in [0, 0.1) is 0 Å². The van der Waals surface area contributed by atoms with E-state index < -0.39 is 0 Å². The molecule has 0 aliphatic carbocycles. The Morgan fingerprint density at radius 3 is 2.61 bits per heavy atom. The molecule has 23 heavy (non-hydrogen) atoms. The van der Waals surface area contributed by atoms with Crippen LogP contribution in [0.5, 0.6) is 0 Å². The van der Waals surface area contributed by atoms with Crippen LogP contribution in [0.2, 0.25) is 5.02 Å². The fourth-order valence-electron chi connectivity index (χ4n) is 3.54. The summed E-state index contributed by atoms with van der Waals surface area (Å²) in [7, 11) is 2.22. The van der Waals surface area contributed by atoms with Crippen LogP contribution in [-0.2, 0) is 6.42 Å². The van der Waals surface area contributed by atoms with Crippen LogP contribution in [-0.4, -0.2) is 58.0 Å². The van der Waals surface area contributed by atoms with Crippen LogP contribution in [0.3, 0.4) is 0 Å². The van der Waals surface area contributed by atoms with Gasteiger partial charge in [-0.1, -0.05) is 0 Å². The van der Waals surface area contributed by atoms with Crippen molar-refractivity contribution < 1.29 is 0 Å². The average molecular weight is 392 g/mol. The molecule has 4 rings (SSSR count). The van der Waals surface area contributed by atoms with Crippen molar-refractivity contribution in [3.05, 3.63) is 58.6 Å². The maximum absolute atomic E-state index is 6.35. The van der Waals surface area contributed by atoms with E-state index in [-0.39, 0.29) is 0 Å². The number of rotatable bonds is 1.